The molecule has 0 spiro atoms. The van der Waals surface area contributed by atoms with Gasteiger partial charge in [0.25, 0.3) is 0 Å². The normalized spacial score (nSPS) is 21.1. The van der Waals surface area contributed by atoms with Gasteiger partial charge in [-0.05, 0) is 45.4 Å². The van der Waals surface area contributed by atoms with E-state index in [1.165, 1.54) is 69.5 Å². The van der Waals surface area contributed by atoms with Crippen LogP contribution in [0.5, 0.6) is 0 Å². The van der Waals surface area contributed by atoms with Gasteiger partial charge < -0.3 is 15.5 Å². The second-order valence-corrected chi connectivity index (χ2v) is 9.19. The zero-order chi connectivity index (χ0) is 18.4. The van der Waals surface area contributed by atoms with Crippen molar-refractivity contribution in [3.05, 3.63) is 15.6 Å². The first kappa shape index (κ1) is 19.6. The van der Waals surface area contributed by atoms with Gasteiger partial charge in [0.05, 0.1) is 12.2 Å². The molecule has 0 atom stereocenters. The third-order valence-electron chi connectivity index (χ3n) is 5.87. The van der Waals surface area contributed by atoms with Crippen molar-refractivity contribution in [1.29, 1.82) is 0 Å². The van der Waals surface area contributed by atoms with Crippen molar-refractivity contribution in [2.75, 3.05) is 26.7 Å². The minimum atomic E-state index is 0.531. The van der Waals surface area contributed by atoms with Crippen molar-refractivity contribution in [3.8, 4) is 0 Å². The SMILES string of the molecule is CN=C(NCc1nc(C)c(C)s1)NC1CCN(CC2CCCCC2)CC1. The van der Waals surface area contributed by atoms with E-state index in [1.807, 2.05) is 7.05 Å². The summed E-state index contributed by atoms with van der Waals surface area (Å²) in [4.78, 5) is 13.0. The molecule has 1 aliphatic heterocycles. The highest BCUT2D eigenvalue weighted by molar-refractivity contribution is 7.11. The largest absolute Gasteiger partial charge is 0.354 e. The predicted molar refractivity (Wildman–Crippen MR) is 111 cm³/mol. The first-order valence-corrected chi connectivity index (χ1v) is 11.1. The van der Waals surface area contributed by atoms with Crippen molar-refractivity contribution in [2.45, 2.75) is 71.4 Å². The molecule has 3 rings (SSSR count). The molecule has 2 fully saturated rings. The number of nitrogens with zero attached hydrogens (tertiary/aromatic N) is 3. The number of aryl methyl sites for hydroxylation is 2. The summed E-state index contributed by atoms with van der Waals surface area (Å²) in [7, 11) is 1.85. The number of rotatable bonds is 5. The van der Waals surface area contributed by atoms with Crippen molar-refractivity contribution in [3.63, 3.8) is 0 Å². The number of nitrogens with one attached hydrogen (secondary N) is 2. The summed E-state index contributed by atoms with van der Waals surface area (Å²) in [5.41, 5.74) is 1.14. The third-order valence-corrected chi connectivity index (χ3v) is 6.95. The van der Waals surface area contributed by atoms with E-state index in [4.69, 9.17) is 0 Å². The van der Waals surface area contributed by atoms with Crippen LogP contribution in [0.4, 0.5) is 0 Å². The summed E-state index contributed by atoms with van der Waals surface area (Å²) in [6.45, 7) is 8.71. The number of likely N-dealkylation sites (tertiary alicyclic amines) is 1. The van der Waals surface area contributed by atoms with Crippen molar-refractivity contribution >= 4 is 17.3 Å². The third kappa shape index (κ3) is 5.68. The molecule has 1 aliphatic carbocycles. The van der Waals surface area contributed by atoms with Gasteiger partial charge in [0.15, 0.2) is 5.96 Å². The van der Waals surface area contributed by atoms with E-state index in [0.717, 1.165) is 29.1 Å². The quantitative estimate of drug-likeness (QED) is 0.609. The van der Waals surface area contributed by atoms with Crippen LogP contribution in [0.3, 0.4) is 0 Å². The predicted octanol–water partition coefficient (Wildman–Crippen LogP) is 3.47. The highest BCUT2D eigenvalue weighted by Gasteiger charge is 2.23. The molecule has 0 unspecified atom stereocenters. The van der Waals surface area contributed by atoms with E-state index in [9.17, 15) is 0 Å². The van der Waals surface area contributed by atoms with E-state index in [0.29, 0.717) is 6.04 Å². The summed E-state index contributed by atoms with van der Waals surface area (Å²) in [6.07, 6.45) is 9.67. The molecular formula is C20H35N5S. The number of piperidine rings is 1. The van der Waals surface area contributed by atoms with Crippen molar-refractivity contribution in [1.82, 2.24) is 20.5 Å². The molecule has 6 heteroatoms. The molecule has 5 nitrogen and oxygen atoms in total. The van der Waals surface area contributed by atoms with E-state index < -0.39 is 0 Å². The van der Waals surface area contributed by atoms with Crippen LogP contribution in [-0.4, -0.2) is 48.6 Å². The molecule has 26 heavy (non-hydrogen) atoms. The first-order valence-electron chi connectivity index (χ1n) is 10.3. The summed E-state index contributed by atoms with van der Waals surface area (Å²) >= 11 is 1.77. The second kappa shape index (κ2) is 9.70. The zero-order valence-corrected chi connectivity index (χ0v) is 17.5. The Bertz CT molecular complexity index is 564. The summed E-state index contributed by atoms with van der Waals surface area (Å²) < 4.78 is 0. The summed E-state index contributed by atoms with van der Waals surface area (Å²) in [5, 5.41) is 8.16. The van der Waals surface area contributed by atoms with Crippen LogP contribution in [0.25, 0.3) is 0 Å². The Morgan fingerprint density at radius 2 is 1.88 bits per heavy atom. The standard InChI is InChI=1S/C20H35N5S/c1-15-16(2)26-19(23-15)13-22-20(21-3)24-18-9-11-25(12-10-18)14-17-7-5-4-6-8-17/h17-18H,4-14H2,1-3H3,(H2,21,22,24). The topological polar surface area (TPSA) is 52.6 Å². The van der Waals surface area contributed by atoms with Gasteiger partial charge >= 0.3 is 0 Å². The van der Waals surface area contributed by atoms with Gasteiger partial charge in [-0.1, -0.05) is 19.3 Å². The molecule has 146 valence electrons. The monoisotopic (exact) mass is 377 g/mol. The molecule has 1 aromatic heterocycles. The highest BCUT2D eigenvalue weighted by atomic mass is 32.1. The van der Waals surface area contributed by atoms with E-state index in [2.05, 4.69) is 39.4 Å². The molecular weight excluding hydrogens is 342 g/mol. The summed E-state index contributed by atoms with van der Waals surface area (Å²) in [5.74, 6) is 1.86. The Morgan fingerprint density at radius 1 is 1.15 bits per heavy atom. The van der Waals surface area contributed by atoms with Gasteiger partial charge in [-0.25, -0.2) is 4.98 Å². The maximum absolute atomic E-state index is 4.60. The van der Waals surface area contributed by atoms with Gasteiger partial charge in [-0.2, -0.15) is 0 Å². The van der Waals surface area contributed by atoms with Crippen LogP contribution in [0.15, 0.2) is 4.99 Å². The van der Waals surface area contributed by atoms with Crippen LogP contribution in [-0.2, 0) is 6.54 Å². The maximum atomic E-state index is 4.60. The minimum absolute atomic E-state index is 0.531. The Morgan fingerprint density at radius 3 is 2.50 bits per heavy atom. The smallest absolute Gasteiger partial charge is 0.191 e. The number of hydrogen-bond acceptors (Lipinski definition) is 4. The average molecular weight is 378 g/mol. The molecule has 2 N–H and O–H groups in total. The zero-order valence-electron chi connectivity index (χ0n) is 16.7. The van der Waals surface area contributed by atoms with Crippen molar-refractivity contribution in [2.24, 2.45) is 10.9 Å². The van der Waals surface area contributed by atoms with Gasteiger partial charge in [0.1, 0.15) is 5.01 Å². The Labute approximate surface area is 162 Å². The molecule has 0 amide bonds. The van der Waals surface area contributed by atoms with Gasteiger partial charge in [-0.15, -0.1) is 11.3 Å². The number of thiazole rings is 1. The first-order chi connectivity index (χ1) is 12.6. The lowest BCUT2D eigenvalue weighted by Gasteiger charge is -2.36. The maximum Gasteiger partial charge on any atom is 0.191 e. The Hall–Kier alpha value is -1.14. The highest BCUT2D eigenvalue weighted by Crippen LogP contribution is 2.25. The van der Waals surface area contributed by atoms with E-state index in [1.54, 1.807) is 11.3 Å². The van der Waals surface area contributed by atoms with Gasteiger partial charge in [-0.3, -0.25) is 4.99 Å². The lowest BCUT2D eigenvalue weighted by atomic mass is 9.88. The van der Waals surface area contributed by atoms with Crippen LogP contribution in [0.2, 0.25) is 0 Å². The summed E-state index contributed by atoms with van der Waals surface area (Å²) in [6, 6.07) is 0.531. The molecule has 1 saturated carbocycles. The average Bonchev–Trinajstić information content (AvgIpc) is 2.98. The fraction of sp³-hybridized carbons (Fsp3) is 0.800. The molecule has 0 aromatic carbocycles. The molecule has 2 heterocycles. The Balaban J connectivity index is 1.38. The molecule has 2 aliphatic rings. The number of guanidine groups is 1. The number of aliphatic imine (C=N–C) groups is 1. The second-order valence-electron chi connectivity index (χ2n) is 7.90. The van der Waals surface area contributed by atoms with Crippen LogP contribution >= 0.6 is 11.3 Å². The fourth-order valence-corrected chi connectivity index (χ4v) is 5.03. The van der Waals surface area contributed by atoms with E-state index >= 15 is 0 Å². The fourth-order valence-electron chi connectivity index (χ4n) is 4.16. The molecule has 0 bridgehead atoms. The molecule has 1 aromatic rings. The van der Waals surface area contributed by atoms with Gasteiger partial charge in [0, 0.05) is 37.6 Å². The van der Waals surface area contributed by atoms with Crippen LogP contribution in [0.1, 0.15) is 60.5 Å². The van der Waals surface area contributed by atoms with Gasteiger partial charge in [0.2, 0.25) is 0 Å². The number of aromatic nitrogens is 1. The van der Waals surface area contributed by atoms with Crippen LogP contribution < -0.4 is 10.6 Å². The van der Waals surface area contributed by atoms with E-state index in [-0.39, 0.29) is 0 Å². The Kier molecular flexibility index (Phi) is 7.32. The van der Waals surface area contributed by atoms with Crippen LogP contribution in [0, 0.1) is 19.8 Å². The van der Waals surface area contributed by atoms with Crippen molar-refractivity contribution < 1.29 is 0 Å². The molecule has 0 radical (unpaired) electrons. The lowest BCUT2D eigenvalue weighted by Crippen LogP contribution is -2.49. The molecule has 1 saturated heterocycles. The number of hydrogen-bond donors (Lipinski definition) is 2. The minimum Gasteiger partial charge on any atom is -0.354 e. The lowest BCUT2D eigenvalue weighted by molar-refractivity contribution is 0.160.